The SMILES string of the molecule is COC(=O)C=C1SC(=NC(=O)c2ccc(C(F)(F)F)cc2)N(c2ccccc2)C1=O. The maximum atomic E-state index is 12.8. The van der Waals surface area contributed by atoms with Gasteiger partial charge in [0.15, 0.2) is 5.17 Å². The summed E-state index contributed by atoms with van der Waals surface area (Å²) >= 11 is 0.782. The first-order valence-electron chi connectivity index (χ1n) is 8.38. The fourth-order valence-electron chi connectivity index (χ4n) is 2.47. The lowest BCUT2D eigenvalue weighted by molar-refractivity contribution is -0.137. The standard InChI is InChI=1S/C20H13F3N2O4S/c1-29-16(26)11-15-18(28)25(14-5-3-2-4-6-14)19(30-15)24-17(27)12-7-9-13(10-8-12)20(21,22)23/h2-11H,1H3. The Bertz CT molecular complexity index is 1050. The molecule has 1 aliphatic rings. The van der Waals surface area contributed by atoms with E-state index in [1.54, 1.807) is 30.3 Å². The highest BCUT2D eigenvalue weighted by Gasteiger charge is 2.36. The summed E-state index contributed by atoms with van der Waals surface area (Å²) in [5, 5.41) is -0.0359. The number of methoxy groups -OCH3 is 1. The van der Waals surface area contributed by atoms with Gasteiger partial charge in [-0.1, -0.05) is 18.2 Å². The summed E-state index contributed by atoms with van der Waals surface area (Å²) in [4.78, 5) is 41.8. The van der Waals surface area contributed by atoms with E-state index in [2.05, 4.69) is 9.73 Å². The molecule has 0 aromatic heterocycles. The van der Waals surface area contributed by atoms with Crippen molar-refractivity contribution in [3.8, 4) is 0 Å². The molecule has 0 unspecified atom stereocenters. The lowest BCUT2D eigenvalue weighted by atomic mass is 10.1. The molecule has 0 bridgehead atoms. The van der Waals surface area contributed by atoms with Crippen molar-refractivity contribution in [2.75, 3.05) is 12.0 Å². The topological polar surface area (TPSA) is 76.0 Å². The highest BCUT2D eigenvalue weighted by molar-refractivity contribution is 8.19. The van der Waals surface area contributed by atoms with Gasteiger partial charge in [0.25, 0.3) is 11.8 Å². The van der Waals surface area contributed by atoms with Crippen molar-refractivity contribution >= 4 is 40.4 Å². The van der Waals surface area contributed by atoms with E-state index in [1.807, 2.05) is 0 Å². The lowest BCUT2D eigenvalue weighted by Gasteiger charge is -2.15. The van der Waals surface area contributed by atoms with Gasteiger partial charge in [0.1, 0.15) is 0 Å². The Morgan fingerprint density at radius 2 is 1.70 bits per heavy atom. The summed E-state index contributed by atoms with van der Waals surface area (Å²) in [6, 6.07) is 11.9. The molecule has 0 radical (unpaired) electrons. The molecule has 0 N–H and O–H groups in total. The van der Waals surface area contributed by atoms with Gasteiger partial charge in [-0.15, -0.1) is 0 Å². The van der Waals surface area contributed by atoms with Gasteiger partial charge in [0, 0.05) is 11.6 Å². The number of hydrogen-bond donors (Lipinski definition) is 0. The Hall–Kier alpha value is -3.40. The summed E-state index contributed by atoms with van der Waals surface area (Å²) < 4.78 is 42.6. The number of aliphatic imine (C=N–C) groups is 1. The molecule has 2 aromatic rings. The predicted molar refractivity (Wildman–Crippen MR) is 105 cm³/mol. The molecule has 1 aliphatic heterocycles. The van der Waals surface area contributed by atoms with Crippen LogP contribution in [0.5, 0.6) is 0 Å². The Morgan fingerprint density at radius 3 is 2.27 bits per heavy atom. The summed E-state index contributed by atoms with van der Waals surface area (Å²) in [5.74, 6) is -2.18. The summed E-state index contributed by atoms with van der Waals surface area (Å²) in [6.07, 6.45) is -3.55. The molecule has 2 amide bonds. The van der Waals surface area contributed by atoms with E-state index in [0.717, 1.165) is 54.1 Å². The number of hydrogen-bond acceptors (Lipinski definition) is 5. The number of carbonyl (C=O) groups is 3. The smallest absolute Gasteiger partial charge is 0.416 e. The highest BCUT2D eigenvalue weighted by Crippen LogP contribution is 2.35. The number of esters is 1. The first kappa shape index (κ1) is 21.3. The molecule has 6 nitrogen and oxygen atoms in total. The second-order valence-electron chi connectivity index (χ2n) is 5.88. The minimum Gasteiger partial charge on any atom is -0.466 e. The molecule has 10 heteroatoms. The Kier molecular flexibility index (Phi) is 6.06. The van der Waals surface area contributed by atoms with E-state index in [1.165, 1.54) is 0 Å². The molecule has 3 rings (SSSR count). The first-order valence-corrected chi connectivity index (χ1v) is 9.19. The molecule has 1 fully saturated rings. The zero-order valence-corrected chi connectivity index (χ0v) is 16.2. The normalized spacial score (nSPS) is 16.9. The third kappa shape index (κ3) is 4.60. The number of nitrogens with zero attached hydrogens (tertiary/aromatic N) is 2. The second-order valence-corrected chi connectivity index (χ2v) is 6.89. The molecule has 0 spiro atoms. The Morgan fingerprint density at radius 1 is 1.07 bits per heavy atom. The molecule has 0 saturated carbocycles. The van der Waals surface area contributed by atoms with Crippen LogP contribution >= 0.6 is 11.8 Å². The van der Waals surface area contributed by atoms with E-state index < -0.39 is 29.5 Å². The zero-order chi connectivity index (χ0) is 21.9. The van der Waals surface area contributed by atoms with Crippen LogP contribution in [0, 0.1) is 0 Å². The highest BCUT2D eigenvalue weighted by atomic mass is 32.2. The molecular formula is C20H13F3N2O4S. The van der Waals surface area contributed by atoms with E-state index in [9.17, 15) is 27.6 Å². The van der Waals surface area contributed by atoms with Crippen LogP contribution in [0.3, 0.4) is 0 Å². The molecule has 154 valence electrons. The first-order chi connectivity index (χ1) is 14.2. The quantitative estimate of drug-likeness (QED) is 0.538. The maximum absolute atomic E-state index is 12.8. The number of alkyl halides is 3. The van der Waals surface area contributed by atoms with Crippen LogP contribution in [0.1, 0.15) is 15.9 Å². The number of carbonyl (C=O) groups excluding carboxylic acids is 3. The number of para-hydroxylation sites is 1. The molecule has 0 atom stereocenters. The van der Waals surface area contributed by atoms with Crippen molar-refractivity contribution in [1.82, 2.24) is 0 Å². The van der Waals surface area contributed by atoms with Crippen LogP contribution in [-0.4, -0.2) is 30.1 Å². The average Bonchev–Trinajstić information content (AvgIpc) is 3.02. The fraction of sp³-hybridized carbons (Fsp3) is 0.100. The van der Waals surface area contributed by atoms with Crippen LogP contribution in [0.2, 0.25) is 0 Å². The largest absolute Gasteiger partial charge is 0.466 e. The summed E-state index contributed by atoms with van der Waals surface area (Å²) in [6.45, 7) is 0. The fourth-order valence-corrected chi connectivity index (χ4v) is 3.41. The molecule has 1 heterocycles. The minimum absolute atomic E-state index is 0.00956. The van der Waals surface area contributed by atoms with Crippen LogP contribution < -0.4 is 4.90 Å². The predicted octanol–water partition coefficient (Wildman–Crippen LogP) is 4.04. The lowest BCUT2D eigenvalue weighted by Crippen LogP contribution is -2.29. The maximum Gasteiger partial charge on any atom is 0.416 e. The number of amides is 2. The van der Waals surface area contributed by atoms with Crippen LogP contribution in [0.15, 0.2) is 70.6 Å². The van der Waals surface area contributed by atoms with Gasteiger partial charge in [-0.2, -0.15) is 18.2 Å². The van der Waals surface area contributed by atoms with Crippen molar-refractivity contribution in [2.45, 2.75) is 6.18 Å². The third-order valence-corrected chi connectivity index (χ3v) is 4.90. The Labute approximate surface area is 173 Å². The van der Waals surface area contributed by atoms with E-state index in [0.29, 0.717) is 5.69 Å². The number of rotatable bonds is 3. The number of halogens is 3. The molecule has 2 aromatic carbocycles. The number of amidine groups is 1. The number of anilines is 1. The van der Waals surface area contributed by atoms with Crippen molar-refractivity contribution < 1.29 is 32.3 Å². The van der Waals surface area contributed by atoms with Crippen LogP contribution in [0.25, 0.3) is 0 Å². The van der Waals surface area contributed by atoms with Gasteiger partial charge in [-0.3, -0.25) is 14.5 Å². The molecule has 1 saturated heterocycles. The van der Waals surface area contributed by atoms with Crippen molar-refractivity contribution in [2.24, 2.45) is 4.99 Å². The molecule has 0 aliphatic carbocycles. The second kappa shape index (κ2) is 8.54. The molecular weight excluding hydrogens is 421 g/mol. The number of benzene rings is 2. The Balaban J connectivity index is 1.97. The number of thioether (sulfide) groups is 1. The van der Waals surface area contributed by atoms with E-state index >= 15 is 0 Å². The van der Waals surface area contributed by atoms with E-state index in [-0.39, 0.29) is 15.6 Å². The van der Waals surface area contributed by atoms with Crippen molar-refractivity contribution in [3.63, 3.8) is 0 Å². The van der Waals surface area contributed by atoms with Gasteiger partial charge in [-0.05, 0) is 48.2 Å². The van der Waals surface area contributed by atoms with Gasteiger partial charge >= 0.3 is 12.1 Å². The summed E-state index contributed by atoms with van der Waals surface area (Å²) in [7, 11) is 1.15. The number of ether oxygens (including phenoxy) is 1. The van der Waals surface area contributed by atoms with Crippen molar-refractivity contribution in [3.05, 3.63) is 76.7 Å². The van der Waals surface area contributed by atoms with E-state index in [4.69, 9.17) is 0 Å². The third-order valence-electron chi connectivity index (χ3n) is 3.93. The van der Waals surface area contributed by atoms with Crippen LogP contribution in [-0.2, 0) is 20.5 Å². The zero-order valence-electron chi connectivity index (χ0n) is 15.3. The molecule has 30 heavy (non-hydrogen) atoms. The van der Waals surface area contributed by atoms with Gasteiger partial charge in [0.2, 0.25) is 0 Å². The van der Waals surface area contributed by atoms with Gasteiger partial charge in [-0.25, -0.2) is 4.79 Å². The monoisotopic (exact) mass is 434 g/mol. The van der Waals surface area contributed by atoms with Gasteiger partial charge < -0.3 is 4.74 Å². The average molecular weight is 434 g/mol. The van der Waals surface area contributed by atoms with Crippen molar-refractivity contribution in [1.29, 1.82) is 0 Å². The van der Waals surface area contributed by atoms with Gasteiger partial charge in [0.05, 0.1) is 23.3 Å². The minimum atomic E-state index is -4.53. The summed E-state index contributed by atoms with van der Waals surface area (Å²) in [5.41, 5.74) is -0.574. The van der Waals surface area contributed by atoms with Crippen LogP contribution in [0.4, 0.5) is 18.9 Å².